The molecule has 0 spiro atoms. The van der Waals surface area contributed by atoms with Crippen LogP contribution in [0.15, 0.2) is 102 Å². The fraction of sp³-hybridized carbons (Fsp3) is 0.167. The molecule has 180 valence electrons. The van der Waals surface area contributed by atoms with Crippen LogP contribution in [0.4, 0.5) is 0 Å². The van der Waals surface area contributed by atoms with E-state index in [1.54, 1.807) is 7.11 Å². The molecule has 4 aromatic carbocycles. The zero-order chi connectivity index (χ0) is 24.5. The molecule has 0 amide bonds. The van der Waals surface area contributed by atoms with E-state index in [4.69, 9.17) is 30.9 Å². The van der Waals surface area contributed by atoms with Crippen LogP contribution in [0.1, 0.15) is 40.9 Å². The van der Waals surface area contributed by atoms with E-state index >= 15 is 0 Å². The minimum atomic E-state index is -0.328. The fourth-order valence-electron chi connectivity index (χ4n) is 4.69. The molecule has 0 saturated heterocycles. The first-order valence-corrected chi connectivity index (χ1v) is 12.3. The van der Waals surface area contributed by atoms with Crippen LogP contribution in [0.2, 0.25) is 5.02 Å². The van der Waals surface area contributed by atoms with E-state index in [2.05, 4.69) is 29.3 Å². The summed E-state index contributed by atoms with van der Waals surface area (Å²) in [7, 11) is 1.68. The monoisotopic (exact) mass is 496 g/mol. The van der Waals surface area contributed by atoms with Crippen LogP contribution in [0.5, 0.6) is 17.2 Å². The lowest BCUT2D eigenvalue weighted by molar-refractivity contribution is -0.0190. The summed E-state index contributed by atoms with van der Waals surface area (Å²) in [6, 6.07) is 32.1. The second-order valence-electron chi connectivity index (χ2n) is 8.87. The van der Waals surface area contributed by atoms with E-state index in [0.717, 1.165) is 56.7 Å². The maximum Gasteiger partial charge on any atom is 0.213 e. The highest BCUT2D eigenvalue weighted by Crippen LogP contribution is 2.47. The van der Waals surface area contributed by atoms with Crippen molar-refractivity contribution in [2.75, 3.05) is 7.11 Å². The normalized spacial score (nSPS) is 18.1. The van der Waals surface area contributed by atoms with Crippen LogP contribution in [-0.4, -0.2) is 17.8 Å². The van der Waals surface area contributed by atoms with Crippen LogP contribution in [0.25, 0.3) is 0 Å². The molecule has 0 radical (unpaired) electrons. The molecule has 2 aliphatic rings. The Kier molecular flexibility index (Phi) is 5.99. The Morgan fingerprint density at radius 3 is 2.36 bits per heavy atom. The molecule has 4 aromatic rings. The molecule has 0 fully saturated rings. The molecule has 2 heterocycles. The van der Waals surface area contributed by atoms with Crippen LogP contribution in [-0.2, 0) is 6.61 Å². The van der Waals surface area contributed by atoms with Gasteiger partial charge >= 0.3 is 0 Å². The van der Waals surface area contributed by atoms with Crippen molar-refractivity contribution >= 4 is 17.3 Å². The molecule has 0 unspecified atom stereocenters. The summed E-state index contributed by atoms with van der Waals surface area (Å²) in [6.07, 6.45) is 0.483. The number of benzene rings is 4. The number of fused-ring (bicyclic) bond motifs is 3. The summed E-state index contributed by atoms with van der Waals surface area (Å²) >= 11 is 5.98. The molecule has 36 heavy (non-hydrogen) atoms. The van der Waals surface area contributed by atoms with Gasteiger partial charge in [-0.2, -0.15) is 5.10 Å². The van der Waals surface area contributed by atoms with Gasteiger partial charge in [-0.1, -0.05) is 41.9 Å². The number of halogens is 1. The highest BCUT2D eigenvalue weighted by Gasteiger charge is 2.40. The van der Waals surface area contributed by atoms with Crippen LogP contribution < -0.4 is 14.2 Å². The average molecular weight is 497 g/mol. The maximum absolute atomic E-state index is 6.48. The third-order valence-electron chi connectivity index (χ3n) is 6.61. The molecule has 0 saturated carbocycles. The minimum absolute atomic E-state index is 0.109. The fourth-order valence-corrected chi connectivity index (χ4v) is 4.81. The first kappa shape index (κ1) is 22.5. The lowest BCUT2D eigenvalue weighted by Gasteiger charge is -2.38. The van der Waals surface area contributed by atoms with Crippen LogP contribution in [0, 0.1) is 0 Å². The van der Waals surface area contributed by atoms with Crippen molar-refractivity contribution in [2.45, 2.75) is 25.3 Å². The van der Waals surface area contributed by atoms with Gasteiger partial charge < -0.3 is 14.2 Å². The van der Waals surface area contributed by atoms with Gasteiger partial charge in [0.05, 0.1) is 18.9 Å². The lowest BCUT2D eigenvalue weighted by atomic mass is 9.96. The second-order valence-corrected chi connectivity index (χ2v) is 9.30. The number of nitrogens with zero attached hydrogens (tertiary/aromatic N) is 2. The number of ether oxygens (including phenoxy) is 3. The zero-order valence-electron chi connectivity index (χ0n) is 19.8. The molecule has 6 rings (SSSR count). The van der Waals surface area contributed by atoms with Crippen molar-refractivity contribution in [1.29, 1.82) is 0 Å². The molecule has 6 heteroatoms. The molecule has 2 atom stereocenters. The van der Waals surface area contributed by atoms with Crippen molar-refractivity contribution < 1.29 is 14.2 Å². The Bertz CT molecular complexity index is 1390. The predicted molar refractivity (Wildman–Crippen MR) is 141 cm³/mol. The first-order valence-electron chi connectivity index (χ1n) is 11.9. The predicted octanol–water partition coefficient (Wildman–Crippen LogP) is 7.17. The summed E-state index contributed by atoms with van der Waals surface area (Å²) < 4.78 is 17.8. The van der Waals surface area contributed by atoms with E-state index < -0.39 is 0 Å². The van der Waals surface area contributed by atoms with Gasteiger partial charge in [0, 0.05) is 22.6 Å². The van der Waals surface area contributed by atoms with Crippen molar-refractivity contribution in [3.63, 3.8) is 0 Å². The molecular weight excluding hydrogens is 472 g/mol. The summed E-state index contributed by atoms with van der Waals surface area (Å²) in [5, 5.41) is 7.85. The van der Waals surface area contributed by atoms with Gasteiger partial charge in [0.1, 0.15) is 23.9 Å². The van der Waals surface area contributed by atoms with E-state index in [1.165, 1.54) is 0 Å². The number of hydrogen-bond acceptors (Lipinski definition) is 5. The minimum Gasteiger partial charge on any atom is -0.497 e. The SMILES string of the molecule is COc1ccc(C2=NN3[C@@H](c4ccc(OCc5ccc(Cl)cc5)cc4)Oc4ccccc4[C@@H]3C2)cc1. The largest absolute Gasteiger partial charge is 0.497 e. The zero-order valence-corrected chi connectivity index (χ0v) is 20.6. The van der Waals surface area contributed by atoms with Crippen molar-refractivity contribution in [2.24, 2.45) is 5.10 Å². The van der Waals surface area contributed by atoms with E-state index in [0.29, 0.717) is 6.61 Å². The molecule has 2 aliphatic heterocycles. The lowest BCUT2D eigenvalue weighted by Crippen LogP contribution is -2.33. The van der Waals surface area contributed by atoms with Gasteiger partial charge in [-0.15, -0.1) is 0 Å². The van der Waals surface area contributed by atoms with Crippen LogP contribution >= 0.6 is 11.6 Å². The van der Waals surface area contributed by atoms with Crippen molar-refractivity contribution in [3.05, 3.63) is 124 Å². The van der Waals surface area contributed by atoms with Crippen molar-refractivity contribution in [1.82, 2.24) is 5.01 Å². The quantitative estimate of drug-likeness (QED) is 0.284. The molecular formula is C30H25ClN2O3. The average Bonchev–Trinajstić information content (AvgIpc) is 3.39. The van der Waals surface area contributed by atoms with E-state index in [9.17, 15) is 0 Å². The summed E-state index contributed by atoms with van der Waals surface area (Å²) in [5.41, 5.74) is 5.37. The molecule has 0 aromatic heterocycles. The maximum atomic E-state index is 6.48. The highest BCUT2D eigenvalue weighted by molar-refractivity contribution is 6.30. The Labute approximate surface area is 215 Å². The number of rotatable bonds is 6. The first-order chi connectivity index (χ1) is 17.7. The highest BCUT2D eigenvalue weighted by atomic mass is 35.5. The Balaban J connectivity index is 1.25. The van der Waals surface area contributed by atoms with Gasteiger partial charge in [0.15, 0.2) is 0 Å². The number of methoxy groups -OCH3 is 1. The molecule has 5 nitrogen and oxygen atoms in total. The Morgan fingerprint density at radius 1 is 0.889 bits per heavy atom. The Hall–Kier alpha value is -3.96. The standard InChI is InChI=1S/C30H25ClN2O3/c1-34-24-14-8-21(9-15-24)27-18-28-26-4-2-3-5-29(26)36-30(33(28)32-27)22-10-16-25(17-11-22)35-19-20-6-12-23(31)13-7-20/h2-17,28,30H,18-19H2,1H3/t28-,30+/m0/s1. The van der Waals surface area contributed by atoms with Crippen molar-refractivity contribution in [3.8, 4) is 17.2 Å². The number of para-hydroxylation sites is 1. The van der Waals surface area contributed by atoms with Gasteiger partial charge in [-0.05, 0) is 77.9 Å². The van der Waals surface area contributed by atoms with Crippen LogP contribution in [0.3, 0.4) is 0 Å². The summed E-state index contributed by atoms with van der Waals surface area (Å²) in [4.78, 5) is 0. The molecule has 0 N–H and O–H groups in total. The second kappa shape index (κ2) is 9.59. The van der Waals surface area contributed by atoms with Gasteiger partial charge in [0.2, 0.25) is 6.23 Å². The van der Waals surface area contributed by atoms with E-state index in [-0.39, 0.29) is 12.3 Å². The topological polar surface area (TPSA) is 43.3 Å². The molecule has 0 bridgehead atoms. The van der Waals surface area contributed by atoms with E-state index in [1.807, 2.05) is 72.8 Å². The van der Waals surface area contributed by atoms with Gasteiger partial charge in [0.25, 0.3) is 0 Å². The summed E-state index contributed by atoms with van der Waals surface area (Å²) in [5.74, 6) is 2.53. The Morgan fingerprint density at radius 2 is 1.61 bits per heavy atom. The summed E-state index contributed by atoms with van der Waals surface area (Å²) in [6.45, 7) is 0.480. The van der Waals surface area contributed by atoms with Gasteiger partial charge in [-0.25, -0.2) is 5.01 Å². The molecule has 0 aliphatic carbocycles. The number of hydrazone groups is 1. The smallest absolute Gasteiger partial charge is 0.213 e. The van der Waals surface area contributed by atoms with Gasteiger partial charge in [-0.3, -0.25) is 0 Å². The third kappa shape index (κ3) is 4.38. The third-order valence-corrected chi connectivity index (χ3v) is 6.86. The number of hydrogen-bond donors (Lipinski definition) is 0.